The van der Waals surface area contributed by atoms with Crippen molar-refractivity contribution in [3.05, 3.63) is 0 Å². The maximum atomic E-state index is 12.0. The highest BCUT2D eigenvalue weighted by atomic mass is 16.5. The molecule has 0 aromatic rings. The van der Waals surface area contributed by atoms with E-state index in [0.717, 1.165) is 19.3 Å². The molecule has 0 radical (unpaired) electrons. The van der Waals surface area contributed by atoms with Crippen LogP contribution < -0.4 is 5.32 Å². The lowest BCUT2D eigenvalue weighted by Crippen LogP contribution is -2.58. The van der Waals surface area contributed by atoms with Gasteiger partial charge in [0.1, 0.15) is 5.54 Å². The van der Waals surface area contributed by atoms with Crippen LogP contribution in [0.1, 0.15) is 39.0 Å². The summed E-state index contributed by atoms with van der Waals surface area (Å²) >= 11 is 0. The van der Waals surface area contributed by atoms with Crippen molar-refractivity contribution in [2.24, 2.45) is 0 Å². The maximum Gasteiger partial charge on any atom is 0.326 e. The standard InChI is InChI=1S/C12H21NO3/c1-3-10-8-12(6-7-16-10,11(14)15-2)13-9-4-5-9/h9-10,13H,3-8H2,1-2H3. The van der Waals surface area contributed by atoms with Gasteiger partial charge in [0.15, 0.2) is 0 Å². The van der Waals surface area contributed by atoms with Crippen LogP contribution in [-0.4, -0.2) is 37.4 Å². The molecule has 2 rings (SSSR count). The van der Waals surface area contributed by atoms with Gasteiger partial charge in [-0.05, 0) is 25.7 Å². The highest BCUT2D eigenvalue weighted by Crippen LogP contribution is 2.32. The van der Waals surface area contributed by atoms with E-state index in [4.69, 9.17) is 9.47 Å². The van der Waals surface area contributed by atoms with E-state index >= 15 is 0 Å². The number of methoxy groups -OCH3 is 1. The molecular weight excluding hydrogens is 206 g/mol. The number of hydrogen-bond acceptors (Lipinski definition) is 4. The Labute approximate surface area is 96.7 Å². The molecule has 0 aromatic carbocycles. The summed E-state index contributed by atoms with van der Waals surface area (Å²) in [6.45, 7) is 2.74. The average Bonchev–Trinajstić information content (AvgIpc) is 3.12. The Balaban J connectivity index is 2.08. The van der Waals surface area contributed by atoms with Gasteiger partial charge in [-0.25, -0.2) is 0 Å². The molecule has 2 atom stereocenters. The van der Waals surface area contributed by atoms with Crippen molar-refractivity contribution >= 4 is 5.97 Å². The predicted molar refractivity (Wildman–Crippen MR) is 60.2 cm³/mol. The zero-order chi connectivity index (χ0) is 11.6. The van der Waals surface area contributed by atoms with Crippen LogP contribution in [-0.2, 0) is 14.3 Å². The summed E-state index contributed by atoms with van der Waals surface area (Å²) in [5.41, 5.74) is -0.491. The Morgan fingerprint density at radius 3 is 2.88 bits per heavy atom. The van der Waals surface area contributed by atoms with Crippen LogP contribution >= 0.6 is 0 Å². The summed E-state index contributed by atoms with van der Waals surface area (Å²) < 4.78 is 10.6. The minimum absolute atomic E-state index is 0.124. The van der Waals surface area contributed by atoms with Crippen molar-refractivity contribution < 1.29 is 14.3 Å². The first-order valence-corrected chi connectivity index (χ1v) is 6.18. The first-order chi connectivity index (χ1) is 7.70. The molecule has 2 aliphatic rings. The van der Waals surface area contributed by atoms with E-state index in [9.17, 15) is 4.79 Å². The van der Waals surface area contributed by atoms with Crippen molar-refractivity contribution in [1.29, 1.82) is 0 Å². The Kier molecular flexibility index (Phi) is 3.50. The summed E-state index contributed by atoms with van der Waals surface area (Å²) in [5, 5.41) is 3.47. The second-order valence-corrected chi connectivity index (χ2v) is 4.85. The summed E-state index contributed by atoms with van der Waals surface area (Å²) in [6.07, 6.45) is 4.95. The highest BCUT2D eigenvalue weighted by molar-refractivity contribution is 5.81. The monoisotopic (exact) mass is 227 g/mol. The van der Waals surface area contributed by atoms with Crippen LogP contribution in [0.15, 0.2) is 0 Å². The van der Waals surface area contributed by atoms with Crippen LogP contribution in [0.5, 0.6) is 0 Å². The first kappa shape index (κ1) is 11.9. The van der Waals surface area contributed by atoms with Crippen LogP contribution in [0, 0.1) is 0 Å². The summed E-state index contributed by atoms with van der Waals surface area (Å²) in [7, 11) is 1.47. The molecule has 1 aliphatic heterocycles. The summed E-state index contributed by atoms with van der Waals surface area (Å²) in [6, 6.07) is 0.509. The number of carbonyl (C=O) groups excluding carboxylic acids is 1. The Bertz CT molecular complexity index is 265. The van der Waals surface area contributed by atoms with Crippen LogP contribution in [0.25, 0.3) is 0 Å². The Morgan fingerprint density at radius 2 is 2.31 bits per heavy atom. The van der Waals surface area contributed by atoms with E-state index in [1.807, 2.05) is 0 Å². The quantitative estimate of drug-likeness (QED) is 0.734. The lowest BCUT2D eigenvalue weighted by Gasteiger charge is -2.39. The van der Waals surface area contributed by atoms with Gasteiger partial charge in [-0.2, -0.15) is 0 Å². The van der Waals surface area contributed by atoms with Gasteiger partial charge >= 0.3 is 5.97 Å². The second-order valence-electron chi connectivity index (χ2n) is 4.85. The van der Waals surface area contributed by atoms with E-state index < -0.39 is 5.54 Å². The minimum Gasteiger partial charge on any atom is -0.468 e. The molecular formula is C12H21NO3. The second kappa shape index (κ2) is 4.72. The molecule has 1 saturated carbocycles. The predicted octanol–water partition coefficient (Wildman–Crippen LogP) is 1.24. The van der Waals surface area contributed by atoms with Gasteiger partial charge in [0.2, 0.25) is 0 Å². The molecule has 1 heterocycles. The van der Waals surface area contributed by atoms with E-state index in [-0.39, 0.29) is 12.1 Å². The molecule has 92 valence electrons. The third-order valence-corrected chi connectivity index (χ3v) is 3.55. The van der Waals surface area contributed by atoms with Gasteiger partial charge in [-0.15, -0.1) is 0 Å². The molecule has 0 spiro atoms. The summed E-state index contributed by atoms with van der Waals surface area (Å²) in [4.78, 5) is 12.0. The lowest BCUT2D eigenvalue weighted by molar-refractivity contribution is -0.156. The van der Waals surface area contributed by atoms with Crippen LogP contribution in [0.4, 0.5) is 0 Å². The van der Waals surface area contributed by atoms with Gasteiger partial charge in [0.05, 0.1) is 13.2 Å². The van der Waals surface area contributed by atoms with Gasteiger partial charge in [0.25, 0.3) is 0 Å². The number of carbonyl (C=O) groups is 1. The number of ether oxygens (including phenoxy) is 2. The SMILES string of the molecule is CCC1CC(NC2CC2)(C(=O)OC)CCO1. The van der Waals surface area contributed by atoms with Crippen molar-refractivity contribution in [3.8, 4) is 0 Å². The molecule has 4 heteroatoms. The minimum atomic E-state index is -0.491. The molecule has 1 saturated heterocycles. The zero-order valence-corrected chi connectivity index (χ0v) is 10.1. The van der Waals surface area contributed by atoms with Gasteiger partial charge < -0.3 is 9.47 Å². The van der Waals surface area contributed by atoms with E-state index in [1.165, 1.54) is 20.0 Å². The first-order valence-electron chi connectivity index (χ1n) is 6.18. The van der Waals surface area contributed by atoms with Crippen LogP contribution in [0.3, 0.4) is 0 Å². The topological polar surface area (TPSA) is 47.6 Å². The molecule has 2 fully saturated rings. The number of nitrogens with one attached hydrogen (secondary N) is 1. The average molecular weight is 227 g/mol. The van der Waals surface area contributed by atoms with Gasteiger partial charge in [-0.3, -0.25) is 10.1 Å². The molecule has 16 heavy (non-hydrogen) atoms. The smallest absolute Gasteiger partial charge is 0.326 e. The molecule has 4 nitrogen and oxygen atoms in total. The van der Waals surface area contributed by atoms with Gasteiger partial charge in [-0.1, -0.05) is 6.92 Å². The number of hydrogen-bond donors (Lipinski definition) is 1. The Hall–Kier alpha value is -0.610. The highest BCUT2D eigenvalue weighted by Gasteiger charge is 2.46. The van der Waals surface area contributed by atoms with E-state index in [0.29, 0.717) is 12.6 Å². The molecule has 2 unspecified atom stereocenters. The van der Waals surface area contributed by atoms with Crippen molar-refractivity contribution in [2.45, 2.75) is 56.7 Å². The van der Waals surface area contributed by atoms with Crippen molar-refractivity contribution in [2.75, 3.05) is 13.7 Å². The molecule has 1 N–H and O–H groups in total. The molecule has 0 aromatic heterocycles. The van der Waals surface area contributed by atoms with Crippen molar-refractivity contribution in [3.63, 3.8) is 0 Å². The third kappa shape index (κ3) is 2.38. The lowest BCUT2D eigenvalue weighted by atomic mass is 9.85. The molecule has 0 amide bonds. The largest absolute Gasteiger partial charge is 0.468 e. The maximum absolute atomic E-state index is 12.0. The normalized spacial score (nSPS) is 34.8. The number of rotatable bonds is 4. The van der Waals surface area contributed by atoms with Crippen LogP contribution in [0.2, 0.25) is 0 Å². The number of esters is 1. The fourth-order valence-electron chi connectivity index (χ4n) is 2.40. The van der Waals surface area contributed by atoms with Crippen molar-refractivity contribution in [1.82, 2.24) is 5.32 Å². The summed E-state index contributed by atoms with van der Waals surface area (Å²) in [5.74, 6) is -0.124. The molecule has 0 bridgehead atoms. The zero-order valence-electron chi connectivity index (χ0n) is 10.1. The Morgan fingerprint density at radius 1 is 1.56 bits per heavy atom. The van der Waals surface area contributed by atoms with E-state index in [1.54, 1.807) is 0 Å². The van der Waals surface area contributed by atoms with Gasteiger partial charge in [0, 0.05) is 19.1 Å². The molecule has 1 aliphatic carbocycles. The third-order valence-electron chi connectivity index (χ3n) is 3.55. The fourth-order valence-corrected chi connectivity index (χ4v) is 2.40. The fraction of sp³-hybridized carbons (Fsp3) is 0.917. The van der Waals surface area contributed by atoms with E-state index in [2.05, 4.69) is 12.2 Å².